The van der Waals surface area contributed by atoms with E-state index in [1.165, 1.54) is 27.1 Å². The number of carbonyl (C=O) groups excluding carboxylic acids is 1. The summed E-state index contributed by atoms with van der Waals surface area (Å²) in [6, 6.07) is 4.38. The fourth-order valence-electron chi connectivity index (χ4n) is 3.78. The lowest BCUT2D eigenvalue weighted by molar-refractivity contribution is -0.135. The third-order valence-corrected chi connectivity index (χ3v) is 7.57. The summed E-state index contributed by atoms with van der Waals surface area (Å²) in [6.45, 7) is 4.86. The van der Waals surface area contributed by atoms with Gasteiger partial charge in [0.2, 0.25) is 15.9 Å². The van der Waals surface area contributed by atoms with Gasteiger partial charge in [-0.25, -0.2) is 13.2 Å². The van der Waals surface area contributed by atoms with E-state index in [0.29, 0.717) is 50.8 Å². The maximum absolute atomic E-state index is 12.9. The number of amides is 1. The second kappa shape index (κ2) is 7.92. The van der Waals surface area contributed by atoms with Crippen LogP contribution in [0.1, 0.15) is 19.8 Å². The fraction of sp³-hybridized carbons (Fsp3) is 0.579. The molecule has 10 heteroatoms. The number of sulfonamides is 1. The molecule has 2 aliphatic rings. The highest BCUT2D eigenvalue weighted by atomic mass is 32.2. The summed E-state index contributed by atoms with van der Waals surface area (Å²) in [5.41, 5.74) is 0.569. The van der Waals surface area contributed by atoms with Gasteiger partial charge in [0.25, 0.3) is 0 Å². The van der Waals surface area contributed by atoms with Crippen LogP contribution in [0.4, 0.5) is 0 Å². The van der Waals surface area contributed by atoms with Crippen molar-refractivity contribution in [1.29, 1.82) is 0 Å². The number of ether oxygens (including phenoxy) is 1. The van der Waals surface area contributed by atoms with Gasteiger partial charge in [-0.1, -0.05) is 6.92 Å². The smallest absolute Gasteiger partial charge is 0.408 e. The number of carbonyl (C=O) groups is 1. The molecule has 0 radical (unpaired) electrons. The molecule has 2 saturated heterocycles. The number of rotatable bonds is 4. The summed E-state index contributed by atoms with van der Waals surface area (Å²) < 4.78 is 39.1. The minimum atomic E-state index is -3.65. The van der Waals surface area contributed by atoms with Crippen molar-refractivity contribution >= 4 is 27.0 Å². The average Bonchev–Trinajstić information content (AvgIpc) is 3.03. The minimum Gasteiger partial charge on any atom is -0.408 e. The summed E-state index contributed by atoms with van der Waals surface area (Å²) in [6.07, 6.45) is 1.66. The van der Waals surface area contributed by atoms with E-state index in [1.54, 1.807) is 4.90 Å². The molecule has 0 saturated carbocycles. The lowest BCUT2D eigenvalue weighted by Gasteiger charge is -2.29. The van der Waals surface area contributed by atoms with Crippen LogP contribution in [0, 0.1) is 5.92 Å². The van der Waals surface area contributed by atoms with E-state index in [9.17, 15) is 18.0 Å². The Morgan fingerprint density at radius 1 is 1.14 bits per heavy atom. The molecule has 1 amide bonds. The molecule has 9 nitrogen and oxygen atoms in total. The van der Waals surface area contributed by atoms with Crippen molar-refractivity contribution in [3.05, 3.63) is 28.7 Å². The van der Waals surface area contributed by atoms with Crippen molar-refractivity contribution in [2.75, 3.05) is 39.4 Å². The van der Waals surface area contributed by atoms with E-state index in [4.69, 9.17) is 9.15 Å². The van der Waals surface area contributed by atoms with E-state index in [1.807, 2.05) is 0 Å². The van der Waals surface area contributed by atoms with Gasteiger partial charge in [0.1, 0.15) is 6.54 Å². The zero-order chi connectivity index (χ0) is 20.6. The number of oxazole rings is 1. The van der Waals surface area contributed by atoms with Gasteiger partial charge in [-0.05, 0) is 30.9 Å². The second-order valence-corrected chi connectivity index (χ2v) is 9.60. The highest BCUT2D eigenvalue weighted by molar-refractivity contribution is 7.89. The first-order valence-electron chi connectivity index (χ1n) is 9.85. The molecule has 2 aromatic rings. The van der Waals surface area contributed by atoms with Gasteiger partial charge < -0.3 is 14.1 Å². The van der Waals surface area contributed by atoms with Gasteiger partial charge in [0.15, 0.2) is 5.58 Å². The van der Waals surface area contributed by atoms with Crippen molar-refractivity contribution in [1.82, 2.24) is 13.8 Å². The van der Waals surface area contributed by atoms with Crippen LogP contribution in [0.25, 0.3) is 11.1 Å². The predicted octanol–water partition coefficient (Wildman–Crippen LogP) is 0.874. The monoisotopic (exact) mass is 423 g/mol. The van der Waals surface area contributed by atoms with Crippen LogP contribution in [0.5, 0.6) is 0 Å². The van der Waals surface area contributed by atoms with E-state index in [-0.39, 0.29) is 22.9 Å². The van der Waals surface area contributed by atoms with Crippen LogP contribution >= 0.6 is 0 Å². The summed E-state index contributed by atoms with van der Waals surface area (Å²) in [5, 5.41) is 0. The van der Waals surface area contributed by atoms with Crippen molar-refractivity contribution in [2.45, 2.75) is 31.2 Å². The molecule has 4 rings (SSSR count). The quantitative estimate of drug-likeness (QED) is 0.723. The fourth-order valence-corrected chi connectivity index (χ4v) is 5.26. The number of benzene rings is 1. The van der Waals surface area contributed by atoms with Crippen LogP contribution in [0.3, 0.4) is 0 Å². The maximum atomic E-state index is 12.9. The van der Waals surface area contributed by atoms with Crippen LogP contribution in [-0.4, -0.2) is 67.5 Å². The topological polar surface area (TPSA) is 102 Å². The van der Waals surface area contributed by atoms with Crippen molar-refractivity contribution in [2.24, 2.45) is 5.92 Å². The Bertz CT molecular complexity index is 1060. The van der Waals surface area contributed by atoms with Crippen molar-refractivity contribution in [3.63, 3.8) is 0 Å². The summed E-state index contributed by atoms with van der Waals surface area (Å²) in [4.78, 5) is 26.5. The molecule has 2 fully saturated rings. The second-order valence-electron chi connectivity index (χ2n) is 7.66. The van der Waals surface area contributed by atoms with Crippen LogP contribution in [-0.2, 0) is 26.1 Å². The molecule has 3 heterocycles. The molecule has 0 spiro atoms. The number of nitrogens with zero attached hydrogens (tertiary/aromatic N) is 3. The summed E-state index contributed by atoms with van der Waals surface area (Å²) >= 11 is 0. The highest BCUT2D eigenvalue weighted by Gasteiger charge is 2.29. The van der Waals surface area contributed by atoms with Gasteiger partial charge >= 0.3 is 5.76 Å². The largest absolute Gasteiger partial charge is 0.420 e. The SMILES string of the molecule is CC1CCN(S(=O)(=O)c2ccc3c(c2)oc(=O)n3CC(=O)N2CCOCC2)CC1. The lowest BCUT2D eigenvalue weighted by atomic mass is 10.0. The minimum absolute atomic E-state index is 0.0972. The normalized spacial score (nSPS) is 19.7. The average molecular weight is 423 g/mol. The number of aromatic nitrogens is 1. The molecular formula is C19H25N3O6S. The Balaban J connectivity index is 1.59. The standard InChI is InChI=1S/C19H25N3O6S/c1-14-4-6-21(7-5-14)29(25,26)15-2-3-16-17(12-15)28-19(24)22(16)13-18(23)20-8-10-27-11-9-20/h2-3,12,14H,4-11,13H2,1H3. The number of hydrogen-bond acceptors (Lipinski definition) is 6. The van der Waals surface area contributed by atoms with Gasteiger partial charge in [-0.2, -0.15) is 4.31 Å². The van der Waals surface area contributed by atoms with E-state index in [2.05, 4.69) is 6.92 Å². The number of piperidine rings is 1. The number of fused-ring (bicyclic) bond motifs is 1. The van der Waals surface area contributed by atoms with Gasteiger partial charge in [0, 0.05) is 32.2 Å². The first-order chi connectivity index (χ1) is 13.9. The molecule has 0 bridgehead atoms. The first kappa shape index (κ1) is 20.1. The molecule has 29 heavy (non-hydrogen) atoms. The van der Waals surface area contributed by atoms with Crippen molar-refractivity contribution in [3.8, 4) is 0 Å². The molecule has 1 aromatic carbocycles. The molecular weight excluding hydrogens is 398 g/mol. The van der Waals surface area contributed by atoms with E-state index < -0.39 is 15.8 Å². The maximum Gasteiger partial charge on any atom is 0.420 e. The Morgan fingerprint density at radius 2 is 1.83 bits per heavy atom. The first-order valence-corrected chi connectivity index (χ1v) is 11.3. The molecule has 0 unspecified atom stereocenters. The highest BCUT2D eigenvalue weighted by Crippen LogP contribution is 2.25. The molecule has 0 atom stereocenters. The van der Waals surface area contributed by atoms with Crippen molar-refractivity contribution < 1.29 is 22.4 Å². The third kappa shape index (κ3) is 3.96. The third-order valence-electron chi connectivity index (χ3n) is 5.68. The molecule has 2 aliphatic heterocycles. The molecule has 0 N–H and O–H groups in total. The lowest BCUT2D eigenvalue weighted by Crippen LogP contribution is -2.43. The Morgan fingerprint density at radius 3 is 2.52 bits per heavy atom. The Labute approximate surface area is 168 Å². The molecule has 0 aliphatic carbocycles. The zero-order valence-electron chi connectivity index (χ0n) is 16.4. The molecule has 158 valence electrons. The van der Waals surface area contributed by atoms with Gasteiger partial charge in [-0.15, -0.1) is 0 Å². The Hall–Kier alpha value is -2.17. The van der Waals surface area contributed by atoms with Crippen LogP contribution in [0.2, 0.25) is 0 Å². The zero-order valence-corrected chi connectivity index (χ0v) is 17.2. The molecule has 1 aromatic heterocycles. The van der Waals surface area contributed by atoms with Gasteiger partial charge in [-0.3, -0.25) is 9.36 Å². The number of morpholine rings is 1. The van der Waals surface area contributed by atoms with E-state index in [0.717, 1.165) is 12.8 Å². The summed E-state index contributed by atoms with van der Waals surface area (Å²) in [7, 11) is -3.65. The van der Waals surface area contributed by atoms with Crippen LogP contribution < -0.4 is 5.76 Å². The van der Waals surface area contributed by atoms with Gasteiger partial charge in [0.05, 0.1) is 23.6 Å². The number of hydrogen-bond donors (Lipinski definition) is 0. The predicted molar refractivity (Wildman–Crippen MR) is 105 cm³/mol. The Kier molecular flexibility index (Phi) is 5.50. The van der Waals surface area contributed by atoms with E-state index >= 15 is 0 Å². The summed E-state index contributed by atoms with van der Waals surface area (Å²) in [5.74, 6) is -0.361. The van der Waals surface area contributed by atoms with Crippen LogP contribution in [0.15, 0.2) is 32.3 Å².